The van der Waals surface area contributed by atoms with Crippen LogP contribution in [-0.4, -0.2) is 9.55 Å². The molecule has 20 heavy (non-hydrogen) atoms. The molecule has 0 spiro atoms. The van der Waals surface area contributed by atoms with Gasteiger partial charge >= 0.3 is 0 Å². The molecule has 0 saturated carbocycles. The van der Waals surface area contributed by atoms with E-state index in [-0.39, 0.29) is 0 Å². The molecule has 6 heteroatoms. The summed E-state index contributed by atoms with van der Waals surface area (Å²) in [5, 5.41) is 0.950. The minimum absolute atomic E-state index is 0.471. The van der Waals surface area contributed by atoms with Gasteiger partial charge in [-0.3, -0.25) is 4.57 Å². The minimum atomic E-state index is 0.471. The quantitative estimate of drug-likeness (QED) is 0.397. The highest BCUT2D eigenvalue weighted by Gasteiger charge is 2.13. The number of aryl methyl sites for hydroxylation is 1. The van der Waals surface area contributed by atoms with Crippen LogP contribution < -0.4 is 0 Å². The SMILES string of the molecule is Cc1ccc2c(c1)[nH]c(=S)n2-c1ccc(Br)c(Cl)c1Cl. The molecule has 0 bridgehead atoms. The van der Waals surface area contributed by atoms with Crippen molar-refractivity contribution in [3.8, 4) is 5.69 Å². The van der Waals surface area contributed by atoms with Crippen molar-refractivity contribution in [2.45, 2.75) is 6.92 Å². The third kappa shape index (κ3) is 2.21. The van der Waals surface area contributed by atoms with Gasteiger partial charge in [0.05, 0.1) is 26.8 Å². The number of benzene rings is 2. The number of imidazole rings is 1. The Kier molecular flexibility index (Phi) is 3.67. The van der Waals surface area contributed by atoms with Gasteiger partial charge in [0.1, 0.15) is 0 Å². The van der Waals surface area contributed by atoms with Gasteiger partial charge in [0.2, 0.25) is 0 Å². The van der Waals surface area contributed by atoms with Gasteiger partial charge in [-0.25, -0.2) is 0 Å². The lowest BCUT2D eigenvalue weighted by molar-refractivity contribution is 1.06. The molecule has 0 unspecified atom stereocenters. The van der Waals surface area contributed by atoms with E-state index < -0.39 is 0 Å². The standard InChI is InChI=1S/C14H9BrCl2N2S/c1-7-2-4-10-9(6-7)18-14(20)19(10)11-5-3-8(15)12(16)13(11)17/h2-6H,1H3,(H,18,20). The molecule has 0 amide bonds. The lowest BCUT2D eigenvalue weighted by atomic mass is 10.2. The molecule has 3 aromatic rings. The molecular formula is C14H9BrCl2N2S. The second kappa shape index (κ2) is 5.19. The highest BCUT2D eigenvalue weighted by Crippen LogP contribution is 2.36. The average molecular weight is 388 g/mol. The molecular weight excluding hydrogens is 379 g/mol. The number of nitrogens with one attached hydrogen (secondary N) is 1. The van der Waals surface area contributed by atoms with E-state index in [0.717, 1.165) is 21.2 Å². The molecule has 0 atom stereocenters. The van der Waals surface area contributed by atoms with Crippen molar-refractivity contribution in [1.82, 2.24) is 9.55 Å². The van der Waals surface area contributed by atoms with Gasteiger partial charge in [0.25, 0.3) is 0 Å². The van der Waals surface area contributed by atoms with Crippen LogP contribution in [0.2, 0.25) is 10.0 Å². The maximum Gasteiger partial charge on any atom is 0.182 e. The van der Waals surface area contributed by atoms with Crippen LogP contribution in [0.3, 0.4) is 0 Å². The van der Waals surface area contributed by atoms with Crippen LogP contribution in [0, 0.1) is 11.7 Å². The number of aromatic nitrogens is 2. The summed E-state index contributed by atoms with van der Waals surface area (Å²) in [5.41, 5.74) is 3.88. The molecule has 2 aromatic carbocycles. The van der Waals surface area contributed by atoms with Crippen molar-refractivity contribution in [2.24, 2.45) is 0 Å². The fourth-order valence-electron chi connectivity index (χ4n) is 2.15. The number of fused-ring (bicyclic) bond motifs is 1. The van der Waals surface area contributed by atoms with Crippen LogP contribution in [0.15, 0.2) is 34.8 Å². The first-order chi connectivity index (χ1) is 9.49. The van der Waals surface area contributed by atoms with Crippen molar-refractivity contribution >= 4 is 62.4 Å². The lowest BCUT2D eigenvalue weighted by Crippen LogP contribution is -1.95. The Balaban J connectivity index is 2.38. The molecule has 0 radical (unpaired) electrons. The summed E-state index contributed by atoms with van der Waals surface area (Å²) >= 11 is 21.3. The average Bonchev–Trinajstić information content (AvgIpc) is 2.72. The number of hydrogen-bond acceptors (Lipinski definition) is 1. The Labute approximate surface area is 139 Å². The largest absolute Gasteiger partial charge is 0.330 e. The second-order valence-corrected chi connectivity index (χ2v) is 6.48. The number of H-pyrrole nitrogens is 1. The van der Waals surface area contributed by atoms with Gasteiger partial charge in [0.15, 0.2) is 4.77 Å². The molecule has 0 fully saturated rings. The van der Waals surface area contributed by atoms with Gasteiger partial charge < -0.3 is 4.98 Å². The summed E-state index contributed by atoms with van der Waals surface area (Å²) < 4.78 is 3.24. The topological polar surface area (TPSA) is 20.7 Å². The molecule has 102 valence electrons. The van der Waals surface area contributed by atoms with Crippen LogP contribution in [0.1, 0.15) is 5.56 Å². The van der Waals surface area contributed by atoms with E-state index in [2.05, 4.69) is 27.0 Å². The molecule has 2 nitrogen and oxygen atoms in total. The van der Waals surface area contributed by atoms with Gasteiger partial charge in [-0.15, -0.1) is 0 Å². The van der Waals surface area contributed by atoms with E-state index in [0.29, 0.717) is 14.8 Å². The van der Waals surface area contributed by atoms with Crippen LogP contribution in [0.5, 0.6) is 0 Å². The summed E-state index contributed by atoms with van der Waals surface area (Å²) in [6.07, 6.45) is 0. The van der Waals surface area contributed by atoms with Crippen molar-refractivity contribution in [1.29, 1.82) is 0 Å². The second-order valence-electron chi connectivity index (χ2n) is 4.48. The van der Waals surface area contributed by atoms with Gasteiger partial charge in [-0.05, 0) is 64.9 Å². The van der Waals surface area contributed by atoms with Crippen LogP contribution in [0.4, 0.5) is 0 Å². The van der Waals surface area contributed by atoms with Crippen LogP contribution >= 0.6 is 51.3 Å². The predicted octanol–water partition coefficient (Wildman–Crippen LogP) is 6.07. The Morgan fingerprint density at radius 2 is 1.90 bits per heavy atom. The number of aromatic amines is 1. The Bertz CT molecular complexity index is 883. The molecule has 0 aliphatic rings. The summed E-state index contributed by atoms with van der Waals surface area (Å²) in [5.74, 6) is 0. The zero-order valence-corrected chi connectivity index (χ0v) is 14.3. The van der Waals surface area contributed by atoms with Crippen molar-refractivity contribution in [3.05, 3.63) is 55.2 Å². The summed E-state index contributed by atoms with van der Waals surface area (Å²) in [6.45, 7) is 2.04. The Morgan fingerprint density at radius 3 is 2.65 bits per heavy atom. The number of halogens is 3. The molecule has 1 heterocycles. The molecule has 0 aliphatic carbocycles. The number of rotatable bonds is 1. The molecule has 1 aromatic heterocycles. The first-order valence-corrected chi connectivity index (χ1v) is 7.80. The van der Waals surface area contributed by atoms with Crippen LogP contribution in [0.25, 0.3) is 16.7 Å². The third-order valence-corrected chi connectivity index (χ3v) is 5.14. The van der Waals surface area contributed by atoms with E-state index in [9.17, 15) is 0 Å². The minimum Gasteiger partial charge on any atom is -0.330 e. The monoisotopic (exact) mass is 386 g/mol. The van der Waals surface area contributed by atoms with Crippen molar-refractivity contribution in [2.75, 3.05) is 0 Å². The molecule has 3 rings (SSSR count). The fourth-order valence-corrected chi connectivity index (χ4v) is 3.31. The van der Waals surface area contributed by atoms with E-state index in [1.807, 2.05) is 35.8 Å². The highest BCUT2D eigenvalue weighted by atomic mass is 79.9. The molecule has 0 aliphatic heterocycles. The zero-order valence-electron chi connectivity index (χ0n) is 10.4. The zero-order chi connectivity index (χ0) is 14.4. The van der Waals surface area contributed by atoms with Crippen molar-refractivity contribution < 1.29 is 0 Å². The summed E-state index contributed by atoms with van der Waals surface area (Å²) in [7, 11) is 0. The first-order valence-electron chi connectivity index (χ1n) is 5.84. The number of nitrogens with zero attached hydrogens (tertiary/aromatic N) is 1. The maximum atomic E-state index is 6.35. The normalized spacial score (nSPS) is 11.2. The Morgan fingerprint density at radius 1 is 1.15 bits per heavy atom. The maximum absolute atomic E-state index is 6.35. The lowest BCUT2D eigenvalue weighted by Gasteiger charge is -2.09. The van der Waals surface area contributed by atoms with Gasteiger partial charge in [0, 0.05) is 4.47 Å². The van der Waals surface area contributed by atoms with E-state index in [4.69, 9.17) is 35.4 Å². The first kappa shape index (κ1) is 14.1. The number of hydrogen-bond donors (Lipinski definition) is 1. The van der Waals surface area contributed by atoms with E-state index in [1.54, 1.807) is 0 Å². The van der Waals surface area contributed by atoms with Gasteiger partial charge in [-0.2, -0.15) is 0 Å². The Hall–Kier alpha value is -0.810. The van der Waals surface area contributed by atoms with Crippen LogP contribution in [-0.2, 0) is 0 Å². The molecule has 1 N–H and O–H groups in total. The summed E-state index contributed by atoms with van der Waals surface area (Å²) in [4.78, 5) is 3.19. The highest BCUT2D eigenvalue weighted by molar-refractivity contribution is 9.10. The smallest absolute Gasteiger partial charge is 0.182 e. The van der Waals surface area contributed by atoms with Crippen molar-refractivity contribution in [3.63, 3.8) is 0 Å². The summed E-state index contributed by atoms with van der Waals surface area (Å²) in [6, 6.07) is 9.86. The fraction of sp³-hybridized carbons (Fsp3) is 0.0714. The van der Waals surface area contributed by atoms with E-state index in [1.165, 1.54) is 5.56 Å². The predicted molar refractivity (Wildman–Crippen MR) is 90.9 cm³/mol. The molecule has 0 saturated heterocycles. The third-order valence-electron chi connectivity index (χ3n) is 3.09. The van der Waals surface area contributed by atoms with Gasteiger partial charge in [-0.1, -0.05) is 29.3 Å². The van der Waals surface area contributed by atoms with E-state index >= 15 is 0 Å².